The molecule has 0 spiro atoms. The number of piperazine rings is 1. The molecule has 0 atom stereocenters. The summed E-state index contributed by atoms with van der Waals surface area (Å²) in [6.07, 6.45) is 1.16. The molecule has 1 aliphatic heterocycles. The van der Waals surface area contributed by atoms with Gasteiger partial charge in [-0.25, -0.2) is 0 Å². The third-order valence-electron chi connectivity index (χ3n) is 6.04. The first-order chi connectivity index (χ1) is 15.7. The number of amides is 1. The minimum Gasteiger partial charge on any atom is -0.493 e. The molecule has 1 heterocycles. The van der Waals surface area contributed by atoms with Gasteiger partial charge < -0.3 is 15.0 Å². The first kappa shape index (κ1) is 22.3. The first-order valence-electron chi connectivity index (χ1n) is 11.5. The highest BCUT2D eigenvalue weighted by atomic mass is 16.5. The number of hydrogen-bond donors (Lipinski definition) is 1. The number of nitrogens with zero attached hydrogens (tertiary/aromatic N) is 2. The molecule has 1 amide bonds. The van der Waals surface area contributed by atoms with Gasteiger partial charge in [-0.05, 0) is 36.0 Å². The van der Waals surface area contributed by atoms with Crippen LogP contribution < -0.4 is 10.1 Å². The molecule has 1 saturated heterocycles. The molecule has 0 aromatic heterocycles. The Bertz CT molecular complexity index is 1020. The highest BCUT2D eigenvalue weighted by Crippen LogP contribution is 2.25. The second kappa shape index (κ2) is 11.1. The molecular formula is C27H33N3O2. The normalized spacial score (nSPS) is 15.0. The van der Waals surface area contributed by atoms with Crippen molar-refractivity contribution in [2.75, 3.05) is 39.8 Å². The number of carbonyl (C=O) groups is 1. The van der Waals surface area contributed by atoms with Crippen LogP contribution in [0.4, 0.5) is 0 Å². The lowest BCUT2D eigenvalue weighted by atomic mass is 10.1. The van der Waals surface area contributed by atoms with Gasteiger partial charge in [0.1, 0.15) is 5.75 Å². The average molecular weight is 432 g/mol. The van der Waals surface area contributed by atoms with E-state index in [-0.39, 0.29) is 5.91 Å². The fourth-order valence-electron chi connectivity index (χ4n) is 4.13. The van der Waals surface area contributed by atoms with Crippen LogP contribution in [0.25, 0.3) is 10.8 Å². The van der Waals surface area contributed by atoms with Gasteiger partial charge in [0, 0.05) is 51.1 Å². The van der Waals surface area contributed by atoms with E-state index in [4.69, 9.17) is 4.74 Å². The molecule has 1 aliphatic rings. The molecular weight excluding hydrogens is 398 g/mol. The Balaban J connectivity index is 1.18. The van der Waals surface area contributed by atoms with Crippen molar-refractivity contribution in [3.63, 3.8) is 0 Å². The van der Waals surface area contributed by atoms with Gasteiger partial charge >= 0.3 is 0 Å². The molecule has 32 heavy (non-hydrogen) atoms. The number of benzene rings is 3. The fourth-order valence-corrected chi connectivity index (χ4v) is 4.13. The zero-order valence-corrected chi connectivity index (χ0v) is 18.9. The quantitative estimate of drug-likeness (QED) is 0.519. The maximum atomic E-state index is 12.3. The Morgan fingerprint density at radius 3 is 2.56 bits per heavy atom. The van der Waals surface area contributed by atoms with Gasteiger partial charge in [-0.2, -0.15) is 0 Å². The predicted molar refractivity (Wildman–Crippen MR) is 130 cm³/mol. The van der Waals surface area contributed by atoms with Crippen molar-refractivity contribution >= 4 is 16.7 Å². The van der Waals surface area contributed by atoms with E-state index in [1.54, 1.807) is 0 Å². The second-order valence-electron chi connectivity index (χ2n) is 8.61. The van der Waals surface area contributed by atoms with Crippen LogP contribution in [-0.2, 0) is 17.9 Å². The summed E-state index contributed by atoms with van der Waals surface area (Å²) >= 11 is 0. The molecule has 0 bridgehead atoms. The van der Waals surface area contributed by atoms with E-state index in [0.717, 1.165) is 54.8 Å². The maximum Gasteiger partial charge on any atom is 0.220 e. The van der Waals surface area contributed by atoms with E-state index in [1.807, 2.05) is 24.3 Å². The Kier molecular flexibility index (Phi) is 7.75. The molecule has 0 saturated carbocycles. The van der Waals surface area contributed by atoms with E-state index in [2.05, 4.69) is 64.6 Å². The molecule has 0 radical (unpaired) electrons. The molecule has 0 aliphatic carbocycles. The van der Waals surface area contributed by atoms with Crippen molar-refractivity contribution in [2.24, 2.45) is 0 Å². The van der Waals surface area contributed by atoms with Gasteiger partial charge in [-0.3, -0.25) is 9.69 Å². The van der Waals surface area contributed by atoms with Crippen LogP contribution in [0.15, 0.2) is 66.7 Å². The Morgan fingerprint density at radius 2 is 1.69 bits per heavy atom. The summed E-state index contributed by atoms with van der Waals surface area (Å²) < 4.78 is 5.94. The third-order valence-corrected chi connectivity index (χ3v) is 6.04. The van der Waals surface area contributed by atoms with Gasteiger partial charge in [0.05, 0.1) is 6.61 Å². The third kappa shape index (κ3) is 6.31. The maximum absolute atomic E-state index is 12.3. The number of fused-ring (bicyclic) bond motifs is 1. The van der Waals surface area contributed by atoms with Crippen molar-refractivity contribution < 1.29 is 9.53 Å². The van der Waals surface area contributed by atoms with Crippen LogP contribution in [0, 0.1) is 0 Å². The number of rotatable bonds is 9. The summed E-state index contributed by atoms with van der Waals surface area (Å²) in [5.74, 6) is 0.941. The smallest absolute Gasteiger partial charge is 0.220 e. The molecule has 5 nitrogen and oxygen atoms in total. The molecule has 168 valence electrons. The number of hydrogen-bond acceptors (Lipinski definition) is 4. The van der Waals surface area contributed by atoms with Crippen LogP contribution in [-0.4, -0.2) is 55.5 Å². The number of carbonyl (C=O) groups excluding carboxylic acids is 1. The highest BCUT2D eigenvalue weighted by molar-refractivity contribution is 5.88. The Morgan fingerprint density at radius 1 is 0.938 bits per heavy atom. The number of ether oxygens (including phenoxy) is 1. The van der Waals surface area contributed by atoms with Gasteiger partial charge in [0.15, 0.2) is 0 Å². The number of nitrogens with one attached hydrogen (secondary N) is 1. The molecule has 5 heteroatoms. The monoisotopic (exact) mass is 431 g/mol. The van der Waals surface area contributed by atoms with Gasteiger partial charge in [0.25, 0.3) is 0 Å². The summed E-state index contributed by atoms with van der Waals surface area (Å²) in [7, 11) is 2.18. The topological polar surface area (TPSA) is 44.8 Å². The Labute approximate surface area is 191 Å². The average Bonchev–Trinajstić information content (AvgIpc) is 2.82. The molecule has 1 fully saturated rings. The lowest BCUT2D eigenvalue weighted by molar-refractivity contribution is -0.121. The van der Waals surface area contributed by atoms with Crippen molar-refractivity contribution in [1.82, 2.24) is 15.1 Å². The summed E-state index contributed by atoms with van der Waals surface area (Å²) in [5.41, 5.74) is 2.46. The highest BCUT2D eigenvalue weighted by Gasteiger charge is 2.14. The Hall–Kier alpha value is -2.89. The number of likely N-dealkylation sites (N-methyl/N-ethyl adjacent to an activating group) is 1. The van der Waals surface area contributed by atoms with E-state index in [0.29, 0.717) is 26.0 Å². The van der Waals surface area contributed by atoms with Crippen LogP contribution in [0.2, 0.25) is 0 Å². The molecule has 1 N–H and O–H groups in total. The molecule has 0 unspecified atom stereocenters. The van der Waals surface area contributed by atoms with E-state index in [9.17, 15) is 4.79 Å². The van der Waals surface area contributed by atoms with Gasteiger partial charge in [-0.1, -0.05) is 60.7 Å². The zero-order valence-electron chi connectivity index (χ0n) is 18.9. The van der Waals surface area contributed by atoms with Crippen LogP contribution in [0.1, 0.15) is 24.0 Å². The summed E-state index contributed by atoms with van der Waals surface area (Å²) in [6.45, 7) is 6.54. The van der Waals surface area contributed by atoms with Crippen molar-refractivity contribution in [3.8, 4) is 5.75 Å². The zero-order chi connectivity index (χ0) is 22.2. The largest absolute Gasteiger partial charge is 0.493 e. The second-order valence-corrected chi connectivity index (χ2v) is 8.61. The fraction of sp³-hybridized carbons (Fsp3) is 0.370. The van der Waals surface area contributed by atoms with Crippen molar-refractivity contribution in [1.29, 1.82) is 0 Å². The summed E-state index contributed by atoms with van der Waals surface area (Å²) in [5, 5.41) is 5.32. The van der Waals surface area contributed by atoms with E-state index in [1.165, 1.54) is 5.56 Å². The van der Waals surface area contributed by atoms with Crippen molar-refractivity contribution in [2.45, 2.75) is 25.9 Å². The molecule has 3 aromatic carbocycles. The van der Waals surface area contributed by atoms with Crippen molar-refractivity contribution in [3.05, 3.63) is 77.9 Å². The van der Waals surface area contributed by atoms with Crippen LogP contribution in [0.5, 0.6) is 5.75 Å². The molecule has 3 aromatic rings. The van der Waals surface area contributed by atoms with Crippen LogP contribution in [0.3, 0.4) is 0 Å². The summed E-state index contributed by atoms with van der Waals surface area (Å²) in [4.78, 5) is 17.2. The minimum absolute atomic E-state index is 0.0657. The van der Waals surface area contributed by atoms with Gasteiger partial charge in [0.2, 0.25) is 5.91 Å². The standard InChI is InChI=1S/C27H33N3O2/c1-29-14-16-30(17-15-29)21-23-8-4-7-22(19-23)20-28-27(31)13-6-18-32-26-12-5-10-24-9-2-3-11-25(24)26/h2-5,7-12,19H,6,13-18,20-21H2,1H3,(H,28,31). The molecule has 4 rings (SSSR count). The van der Waals surface area contributed by atoms with Gasteiger partial charge in [-0.15, -0.1) is 0 Å². The lowest BCUT2D eigenvalue weighted by Crippen LogP contribution is -2.43. The predicted octanol–water partition coefficient (Wildman–Crippen LogP) is 4.06. The lowest BCUT2D eigenvalue weighted by Gasteiger charge is -2.32. The summed E-state index contributed by atoms with van der Waals surface area (Å²) in [6, 6.07) is 22.8. The first-order valence-corrected chi connectivity index (χ1v) is 11.5. The van der Waals surface area contributed by atoms with E-state index >= 15 is 0 Å². The van der Waals surface area contributed by atoms with E-state index < -0.39 is 0 Å². The minimum atomic E-state index is 0.0657. The van der Waals surface area contributed by atoms with Crippen LogP contribution >= 0.6 is 0 Å². The SMILES string of the molecule is CN1CCN(Cc2cccc(CNC(=O)CCCOc3cccc4ccccc34)c2)CC1.